The normalized spacial score (nSPS) is 24.5. The molecule has 0 radical (unpaired) electrons. The second-order valence-electron chi connectivity index (χ2n) is 2.86. The van der Waals surface area contributed by atoms with Crippen molar-refractivity contribution < 1.29 is 14.3 Å². The molecule has 74 valence electrons. The van der Waals surface area contributed by atoms with Gasteiger partial charge in [0.05, 0.1) is 7.11 Å². The number of hydrogen-bond acceptors (Lipinski definition) is 5. The summed E-state index contributed by atoms with van der Waals surface area (Å²) < 4.78 is 6.56. The Morgan fingerprint density at radius 1 is 1.69 bits per heavy atom. The third-order valence-corrected chi connectivity index (χ3v) is 2.97. The third kappa shape index (κ3) is 2.45. The molecule has 1 fully saturated rings. The monoisotopic (exact) mass is 203 g/mol. The van der Waals surface area contributed by atoms with Crippen molar-refractivity contribution in [3.05, 3.63) is 0 Å². The molecule has 1 heterocycles. The molecule has 0 aromatic rings. The molecular formula is C8H13NO3S. The Balaban J connectivity index is 2.59. The van der Waals surface area contributed by atoms with Crippen LogP contribution in [0.4, 0.5) is 0 Å². The van der Waals surface area contributed by atoms with Crippen LogP contribution in [0, 0.1) is 5.92 Å². The molecule has 0 bridgehead atoms. The fourth-order valence-corrected chi connectivity index (χ4v) is 1.89. The number of nitrogens with zero attached hydrogens (tertiary/aromatic N) is 1. The van der Waals surface area contributed by atoms with Gasteiger partial charge in [-0.05, 0) is 6.26 Å². The second-order valence-corrected chi connectivity index (χ2v) is 3.74. The van der Waals surface area contributed by atoms with Gasteiger partial charge in [-0.1, -0.05) is 11.9 Å². The van der Waals surface area contributed by atoms with E-state index in [4.69, 9.17) is 0 Å². The van der Waals surface area contributed by atoms with Crippen LogP contribution in [0.5, 0.6) is 0 Å². The summed E-state index contributed by atoms with van der Waals surface area (Å²) in [5.41, 5.74) is 0. The molecule has 4 nitrogen and oxygen atoms in total. The summed E-state index contributed by atoms with van der Waals surface area (Å²) in [7, 11) is 1.31. The first-order chi connectivity index (χ1) is 6.19. The second kappa shape index (κ2) is 4.62. The summed E-state index contributed by atoms with van der Waals surface area (Å²) in [6, 6.07) is 0. The third-order valence-electron chi connectivity index (χ3n) is 2.13. The highest BCUT2D eigenvalue weighted by atomic mass is 32.2. The van der Waals surface area contributed by atoms with E-state index in [-0.39, 0.29) is 5.78 Å². The van der Waals surface area contributed by atoms with Gasteiger partial charge >= 0.3 is 5.97 Å². The smallest absolute Gasteiger partial charge is 0.317 e. The van der Waals surface area contributed by atoms with Gasteiger partial charge in [0.15, 0.2) is 0 Å². The SMILES string of the molecule is COC(=O)C1CN(SC)CCC1=O. The van der Waals surface area contributed by atoms with Gasteiger partial charge in [-0.2, -0.15) is 0 Å². The maximum absolute atomic E-state index is 11.3. The zero-order chi connectivity index (χ0) is 9.84. The number of hydrogen-bond donors (Lipinski definition) is 0. The summed E-state index contributed by atoms with van der Waals surface area (Å²) in [6.45, 7) is 1.21. The van der Waals surface area contributed by atoms with E-state index >= 15 is 0 Å². The minimum Gasteiger partial charge on any atom is -0.468 e. The Kier molecular flexibility index (Phi) is 3.74. The van der Waals surface area contributed by atoms with Crippen molar-refractivity contribution >= 4 is 23.7 Å². The predicted octanol–water partition coefficient (Wildman–Crippen LogP) is 0.328. The minimum atomic E-state index is -0.578. The van der Waals surface area contributed by atoms with Gasteiger partial charge in [0.1, 0.15) is 11.7 Å². The summed E-state index contributed by atoms with van der Waals surface area (Å²) in [6.07, 6.45) is 2.38. The lowest BCUT2D eigenvalue weighted by Gasteiger charge is -2.27. The number of ether oxygens (including phenoxy) is 1. The molecule has 5 heteroatoms. The Hall–Kier alpha value is -0.550. The first kappa shape index (κ1) is 10.5. The van der Waals surface area contributed by atoms with Crippen LogP contribution in [0.3, 0.4) is 0 Å². The summed E-state index contributed by atoms with van der Waals surface area (Å²) in [5.74, 6) is -0.993. The van der Waals surface area contributed by atoms with Gasteiger partial charge in [-0.15, -0.1) is 0 Å². The lowest BCUT2D eigenvalue weighted by Crippen LogP contribution is -2.41. The molecule has 1 aliphatic heterocycles. The first-order valence-corrected chi connectivity index (χ1v) is 5.26. The van der Waals surface area contributed by atoms with Crippen molar-refractivity contribution in [2.75, 3.05) is 26.5 Å². The Morgan fingerprint density at radius 3 is 2.92 bits per heavy atom. The van der Waals surface area contributed by atoms with Crippen molar-refractivity contribution in [2.45, 2.75) is 6.42 Å². The van der Waals surface area contributed by atoms with Crippen LogP contribution in [-0.4, -0.2) is 42.5 Å². The van der Waals surface area contributed by atoms with Crippen LogP contribution < -0.4 is 0 Å². The highest BCUT2D eigenvalue weighted by Crippen LogP contribution is 2.19. The number of esters is 1. The molecule has 0 spiro atoms. The number of rotatable bonds is 2. The highest BCUT2D eigenvalue weighted by molar-refractivity contribution is 7.96. The molecule has 0 aromatic carbocycles. The molecule has 0 aliphatic carbocycles. The Morgan fingerprint density at radius 2 is 2.38 bits per heavy atom. The molecule has 1 unspecified atom stereocenters. The Labute approximate surface area is 81.7 Å². The zero-order valence-corrected chi connectivity index (χ0v) is 8.60. The van der Waals surface area contributed by atoms with Gasteiger partial charge < -0.3 is 4.74 Å². The van der Waals surface area contributed by atoms with E-state index in [2.05, 4.69) is 4.74 Å². The number of carbonyl (C=O) groups is 2. The summed E-state index contributed by atoms with van der Waals surface area (Å²) in [5, 5.41) is 0. The van der Waals surface area contributed by atoms with Crippen molar-refractivity contribution in [2.24, 2.45) is 5.92 Å². The van der Waals surface area contributed by atoms with Gasteiger partial charge in [0, 0.05) is 19.5 Å². The lowest BCUT2D eigenvalue weighted by molar-refractivity contribution is -0.150. The molecular weight excluding hydrogens is 190 g/mol. The van der Waals surface area contributed by atoms with Crippen LogP contribution in [-0.2, 0) is 14.3 Å². The van der Waals surface area contributed by atoms with Gasteiger partial charge in [-0.25, -0.2) is 4.31 Å². The van der Waals surface area contributed by atoms with Gasteiger partial charge in [0.2, 0.25) is 0 Å². The molecule has 1 aliphatic rings. The van der Waals surface area contributed by atoms with Crippen LogP contribution in [0.1, 0.15) is 6.42 Å². The number of ketones is 1. The average molecular weight is 203 g/mol. The van der Waals surface area contributed by atoms with Crippen molar-refractivity contribution in [3.63, 3.8) is 0 Å². The van der Waals surface area contributed by atoms with E-state index in [1.54, 1.807) is 11.9 Å². The van der Waals surface area contributed by atoms with E-state index in [0.717, 1.165) is 6.54 Å². The first-order valence-electron chi connectivity index (χ1n) is 4.08. The fraction of sp³-hybridized carbons (Fsp3) is 0.750. The standard InChI is InChI=1S/C8H13NO3S/c1-12-8(11)6-5-9(13-2)4-3-7(6)10/h6H,3-5H2,1-2H3. The maximum atomic E-state index is 11.3. The van der Waals surface area contributed by atoms with Crippen molar-refractivity contribution in [1.29, 1.82) is 0 Å². The number of carbonyl (C=O) groups excluding carboxylic acids is 2. The molecule has 0 amide bonds. The molecule has 1 saturated heterocycles. The van der Waals surface area contributed by atoms with Gasteiger partial charge in [0.25, 0.3) is 0 Å². The maximum Gasteiger partial charge on any atom is 0.317 e. The summed E-state index contributed by atoms with van der Waals surface area (Å²) >= 11 is 1.55. The van der Waals surface area contributed by atoms with E-state index in [1.807, 2.05) is 10.6 Å². The minimum absolute atomic E-state index is 0.00264. The number of Topliss-reactive ketones (excluding diaryl/α,β-unsaturated/α-hetero) is 1. The van der Waals surface area contributed by atoms with Gasteiger partial charge in [-0.3, -0.25) is 9.59 Å². The van der Waals surface area contributed by atoms with Crippen LogP contribution in [0.15, 0.2) is 0 Å². The lowest BCUT2D eigenvalue weighted by atomic mass is 9.98. The molecule has 0 saturated carbocycles. The zero-order valence-electron chi connectivity index (χ0n) is 7.78. The predicted molar refractivity (Wildman–Crippen MR) is 50.2 cm³/mol. The molecule has 0 N–H and O–H groups in total. The van der Waals surface area contributed by atoms with Crippen LogP contribution >= 0.6 is 11.9 Å². The average Bonchev–Trinajstić information content (AvgIpc) is 2.17. The fourth-order valence-electron chi connectivity index (χ4n) is 1.32. The molecule has 0 aromatic heterocycles. The largest absolute Gasteiger partial charge is 0.468 e. The van der Waals surface area contributed by atoms with E-state index in [1.165, 1.54) is 7.11 Å². The molecule has 1 rings (SSSR count). The van der Waals surface area contributed by atoms with Crippen LogP contribution in [0.25, 0.3) is 0 Å². The van der Waals surface area contributed by atoms with E-state index < -0.39 is 11.9 Å². The van der Waals surface area contributed by atoms with E-state index in [0.29, 0.717) is 13.0 Å². The summed E-state index contributed by atoms with van der Waals surface area (Å²) in [4.78, 5) is 22.5. The topological polar surface area (TPSA) is 46.6 Å². The van der Waals surface area contributed by atoms with E-state index in [9.17, 15) is 9.59 Å². The Bertz CT molecular complexity index is 211. The van der Waals surface area contributed by atoms with Crippen molar-refractivity contribution in [1.82, 2.24) is 4.31 Å². The molecule has 1 atom stereocenters. The number of piperidine rings is 1. The van der Waals surface area contributed by atoms with Crippen LogP contribution in [0.2, 0.25) is 0 Å². The van der Waals surface area contributed by atoms with Crippen molar-refractivity contribution in [3.8, 4) is 0 Å². The highest BCUT2D eigenvalue weighted by Gasteiger charge is 2.33. The molecule has 13 heavy (non-hydrogen) atoms. The number of methoxy groups -OCH3 is 1. The quantitative estimate of drug-likeness (QED) is 0.367.